The Morgan fingerprint density at radius 2 is 0.879 bits per heavy atom. The molecular formula is C22H34O9Si2. The van der Waals surface area contributed by atoms with Crippen LogP contribution in [0.15, 0.2) is 0 Å². The number of carboxylic acids is 4. The molecule has 4 N–H and O–H groups in total. The Morgan fingerprint density at radius 3 is 1.15 bits per heavy atom. The van der Waals surface area contributed by atoms with Crippen molar-refractivity contribution in [3.63, 3.8) is 0 Å². The van der Waals surface area contributed by atoms with Gasteiger partial charge >= 0.3 is 23.9 Å². The molecule has 11 heteroatoms. The van der Waals surface area contributed by atoms with Gasteiger partial charge in [0, 0.05) is 0 Å². The second-order valence-electron chi connectivity index (χ2n) is 11.8. The average molecular weight is 499 g/mol. The van der Waals surface area contributed by atoms with E-state index in [0.717, 1.165) is 0 Å². The third-order valence-electron chi connectivity index (χ3n) is 9.46. The maximum Gasteiger partial charge on any atom is 0.307 e. The average Bonchev–Trinajstić information content (AvgIpc) is 3.42. The summed E-state index contributed by atoms with van der Waals surface area (Å²) in [7, 11) is -4.91. The van der Waals surface area contributed by atoms with Crippen LogP contribution in [0.5, 0.6) is 0 Å². The zero-order valence-electron chi connectivity index (χ0n) is 19.4. The summed E-state index contributed by atoms with van der Waals surface area (Å²) in [6.07, 6.45) is 2.56. The van der Waals surface area contributed by atoms with Gasteiger partial charge in [-0.05, 0) is 86.6 Å². The van der Waals surface area contributed by atoms with E-state index in [0.29, 0.717) is 25.7 Å². The molecule has 4 saturated carbocycles. The number of rotatable bonds is 8. The molecule has 33 heavy (non-hydrogen) atoms. The molecule has 10 atom stereocenters. The third-order valence-corrected chi connectivity index (χ3v) is 18.6. The van der Waals surface area contributed by atoms with Crippen LogP contribution in [0, 0.1) is 47.3 Å². The Kier molecular flexibility index (Phi) is 5.85. The van der Waals surface area contributed by atoms with Gasteiger partial charge < -0.3 is 24.5 Å². The molecule has 4 aliphatic carbocycles. The smallest absolute Gasteiger partial charge is 0.307 e. The molecule has 0 amide bonds. The highest BCUT2D eigenvalue weighted by molar-refractivity contribution is 6.86. The van der Waals surface area contributed by atoms with Crippen molar-refractivity contribution in [1.82, 2.24) is 0 Å². The van der Waals surface area contributed by atoms with E-state index in [1.54, 1.807) is 0 Å². The van der Waals surface area contributed by atoms with Crippen molar-refractivity contribution < 1.29 is 43.7 Å². The fraction of sp³-hybridized carbons (Fsp3) is 0.818. The number of hydrogen-bond donors (Lipinski definition) is 4. The van der Waals surface area contributed by atoms with Gasteiger partial charge in [-0.25, -0.2) is 0 Å². The van der Waals surface area contributed by atoms with E-state index < -0.39 is 64.2 Å². The third kappa shape index (κ3) is 3.76. The highest BCUT2D eigenvalue weighted by Crippen LogP contribution is 2.64. The van der Waals surface area contributed by atoms with Crippen molar-refractivity contribution >= 4 is 40.5 Å². The van der Waals surface area contributed by atoms with Crippen molar-refractivity contribution in [3.8, 4) is 0 Å². The lowest BCUT2D eigenvalue weighted by molar-refractivity contribution is -0.156. The van der Waals surface area contributed by atoms with Crippen LogP contribution >= 0.6 is 0 Å². The summed E-state index contributed by atoms with van der Waals surface area (Å²) in [6.45, 7) is 8.35. The Labute approximate surface area is 194 Å². The van der Waals surface area contributed by atoms with E-state index in [-0.39, 0.29) is 34.8 Å². The van der Waals surface area contributed by atoms with Gasteiger partial charge in [-0.15, -0.1) is 0 Å². The lowest BCUT2D eigenvalue weighted by atomic mass is 9.79. The molecule has 0 aromatic carbocycles. The van der Waals surface area contributed by atoms with Crippen LogP contribution in [-0.2, 0) is 23.3 Å². The van der Waals surface area contributed by atoms with Gasteiger partial charge in [0.1, 0.15) is 0 Å². The standard InChI is InChI=1S/C22H34O9Si2/c1-32(2,13-7-9-5-11(13)17(21(27)28)15(9)19(23)24)31-33(3,4)14-8-10-6-12(14)18(22(29)30)16(10)20(25)26/h9-18H,5-8H2,1-4H3,(H,23,24)(H,25,26)(H,27,28)(H,29,30). The molecule has 0 radical (unpaired) electrons. The van der Waals surface area contributed by atoms with E-state index in [4.69, 9.17) is 4.12 Å². The number of fused-ring (bicyclic) bond motifs is 4. The largest absolute Gasteiger partial charge is 0.481 e. The molecule has 0 heterocycles. The van der Waals surface area contributed by atoms with Gasteiger partial charge in [-0.3, -0.25) is 19.2 Å². The molecule has 4 rings (SSSR count). The van der Waals surface area contributed by atoms with Crippen LogP contribution in [0.2, 0.25) is 37.3 Å². The Hall–Kier alpha value is -1.73. The highest BCUT2D eigenvalue weighted by Gasteiger charge is 2.65. The molecule has 9 nitrogen and oxygen atoms in total. The molecule has 0 aromatic rings. The minimum Gasteiger partial charge on any atom is -0.481 e. The molecule has 0 aliphatic heterocycles. The Balaban J connectivity index is 1.53. The highest BCUT2D eigenvalue weighted by atomic mass is 28.4. The maximum atomic E-state index is 12.0. The van der Waals surface area contributed by atoms with E-state index in [2.05, 4.69) is 26.2 Å². The Bertz CT molecular complexity index is 817. The second kappa shape index (κ2) is 7.91. The van der Waals surface area contributed by atoms with Crippen LogP contribution in [0.25, 0.3) is 0 Å². The summed E-state index contributed by atoms with van der Waals surface area (Å²) in [6, 6.07) is 0. The van der Waals surface area contributed by atoms with E-state index in [1.165, 1.54) is 0 Å². The molecule has 4 aliphatic rings. The van der Waals surface area contributed by atoms with Crippen molar-refractivity contribution in [2.24, 2.45) is 47.3 Å². The molecule has 0 spiro atoms. The summed E-state index contributed by atoms with van der Waals surface area (Å²) < 4.78 is 6.94. The van der Waals surface area contributed by atoms with Crippen LogP contribution in [-0.4, -0.2) is 60.9 Å². The maximum absolute atomic E-state index is 12.0. The van der Waals surface area contributed by atoms with E-state index >= 15 is 0 Å². The number of aliphatic carboxylic acids is 4. The summed E-state index contributed by atoms with van der Waals surface area (Å²) in [5.41, 5.74) is 0.0956. The zero-order valence-corrected chi connectivity index (χ0v) is 21.4. The van der Waals surface area contributed by atoms with Gasteiger partial charge in [0.05, 0.1) is 23.7 Å². The summed E-state index contributed by atoms with van der Waals surface area (Å²) >= 11 is 0. The lowest BCUT2D eigenvalue weighted by Gasteiger charge is -2.47. The summed E-state index contributed by atoms with van der Waals surface area (Å²) in [5.74, 6) is -8.30. The fourth-order valence-corrected chi connectivity index (χ4v) is 19.7. The molecule has 4 fully saturated rings. The summed E-state index contributed by atoms with van der Waals surface area (Å²) in [5, 5.41) is 38.8. The van der Waals surface area contributed by atoms with Crippen LogP contribution in [0.4, 0.5) is 0 Å². The van der Waals surface area contributed by atoms with Crippen LogP contribution in [0.3, 0.4) is 0 Å². The first-order chi connectivity index (χ1) is 15.2. The van der Waals surface area contributed by atoms with Gasteiger partial charge in [0.25, 0.3) is 0 Å². The number of carboxylic acid groups (broad SMARTS) is 4. The van der Waals surface area contributed by atoms with Crippen LogP contribution < -0.4 is 0 Å². The quantitative estimate of drug-likeness (QED) is 0.369. The zero-order chi connectivity index (χ0) is 24.6. The first-order valence-corrected chi connectivity index (χ1v) is 17.8. The van der Waals surface area contributed by atoms with Gasteiger partial charge in [0.2, 0.25) is 0 Å². The minimum atomic E-state index is -2.45. The molecule has 0 saturated heterocycles. The van der Waals surface area contributed by atoms with Crippen molar-refractivity contribution in [2.45, 2.75) is 63.0 Å². The fourth-order valence-electron chi connectivity index (χ4n) is 8.53. The SMILES string of the molecule is C[Si](C)(O[Si](C)(C)C1CC2CC1C(C(=O)O)C2C(=O)O)C1CC2CC1C(C(=O)O)C2C(=O)O. The second-order valence-corrected chi connectivity index (χ2v) is 20.5. The predicted octanol–water partition coefficient (Wildman–Crippen LogP) is 3.04. The Morgan fingerprint density at radius 1 is 0.576 bits per heavy atom. The summed E-state index contributed by atoms with van der Waals surface area (Å²) in [4.78, 5) is 47.4. The van der Waals surface area contributed by atoms with Crippen molar-refractivity contribution in [3.05, 3.63) is 0 Å². The van der Waals surface area contributed by atoms with Gasteiger partial charge in [-0.1, -0.05) is 0 Å². The predicted molar refractivity (Wildman–Crippen MR) is 120 cm³/mol. The van der Waals surface area contributed by atoms with E-state index in [1.807, 2.05) is 0 Å². The first kappa shape index (κ1) is 24.4. The molecule has 10 unspecified atom stereocenters. The van der Waals surface area contributed by atoms with Crippen LogP contribution in [0.1, 0.15) is 25.7 Å². The molecule has 184 valence electrons. The molecular weight excluding hydrogens is 464 g/mol. The number of carbonyl (C=O) groups is 4. The van der Waals surface area contributed by atoms with E-state index in [9.17, 15) is 39.6 Å². The van der Waals surface area contributed by atoms with Gasteiger partial charge in [0.15, 0.2) is 16.6 Å². The normalized spacial score (nSPS) is 41.9. The minimum absolute atomic E-state index is 0.0478. The van der Waals surface area contributed by atoms with Gasteiger partial charge in [-0.2, -0.15) is 0 Å². The first-order valence-electron chi connectivity index (χ1n) is 11.8. The number of hydrogen-bond acceptors (Lipinski definition) is 5. The monoisotopic (exact) mass is 498 g/mol. The van der Waals surface area contributed by atoms with Crippen molar-refractivity contribution in [1.29, 1.82) is 0 Å². The molecule has 0 aromatic heterocycles. The lowest BCUT2D eigenvalue weighted by Crippen LogP contribution is -2.54. The molecule has 4 bridgehead atoms. The topological polar surface area (TPSA) is 158 Å². The van der Waals surface area contributed by atoms with Crippen molar-refractivity contribution in [2.75, 3.05) is 0 Å².